The quantitative estimate of drug-likeness (QED) is 0.929. The molecule has 2 fully saturated rings. The average Bonchev–Trinajstić information content (AvgIpc) is 3.18. The van der Waals surface area contributed by atoms with Crippen molar-refractivity contribution in [2.24, 2.45) is 11.8 Å². The van der Waals surface area contributed by atoms with E-state index in [1.54, 1.807) is 0 Å². The molecular weight excluding hydrogens is 290 g/mol. The van der Waals surface area contributed by atoms with Crippen LogP contribution in [0.25, 0.3) is 0 Å². The van der Waals surface area contributed by atoms with Gasteiger partial charge < -0.3 is 10.0 Å². The Labute approximate surface area is 137 Å². The molecule has 1 aromatic rings. The first-order valence-corrected chi connectivity index (χ1v) is 8.58. The molecule has 0 bridgehead atoms. The number of aliphatic carboxylic acids is 1. The Morgan fingerprint density at radius 3 is 2.57 bits per heavy atom. The Balaban J connectivity index is 1.78. The number of likely N-dealkylation sites (tertiary alicyclic amines) is 1. The van der Waals surface area contributed by atoms with Gasteiger partial charge in [-0.1, -0.05) is 18.2 Å². The summed E-state index contributed by atoms with van der Waals surface area (Å²) in [5.41, 5.74) is 3.78. The Hall–Kier alpha value is -1.84. The lowest BCUT2D eigenvalue weighted by Gasteiger charge is -2.29. The highest BCUT2D eigenvalue weighted by Gasteiger charge is 2.39. The highest BCUT2D eigenvalue weighted by Crippen LogP contribution is 2.39. The van der Waals surface area contributed by atoms with Crippen molar-refractivity contribution in [3.05, 3.63) is 34.9 Å². The zero-order valence-corrected chi connectivity index (χ0v) is 13.9. The molecule has 1 unspecified atom stereocenters. The molecular formula is C19H25NO3. The SMILES string of the molecule is Cc1cccc(C2CCCN2C(=O)[C@@H]2CC[C@H](C(=O)O)C2)c1C. The van der Waals surface area contributed by atoms with E-state index in [0.29, 0.717) is 19.3 Å². The van der Waals surface area contributed by atoms with Crippen LogP contribution in [0, 0.1) is 25.7 Å². The average molecular weight is 315 g/mol. The van der Waals surface area contributed by atoms with Crippen LogP contribution in [0.1, 0.15) is 54.8 Å². The maximum atomic E-state index is 12.9. The van der Waals surface area contributed by atoms with E-state index < -0.39 is 5.97 Å². The summed E-state index contributed by atoms with van der Waals surface area (Å²) in [7, 11) is 0. The summed E-state index contributed by atoms with van der Waals surface area (Å²) in [6.07, 6.45) is 3.88. The van der Waals surface area contributed by atoms with Crippen molar-refractivity contribution in [2.45, 2.75) is 52.0 Å². The Kier molecular flexibility index (Phi) is 4.42. The molecule has 1 aliphatic heterocycles. The number of aryl methyl sites for hydroxylation is 1. The molecule has 1 saturated heterocycles. The van der Waals surface area contributed by atoms with Gasteiger partial charge in [-0.25, -0.2) is 0 Å². The molecule has 0 radical (unpaired) electrons. The zero-order chi connectivity index (χ0) is 16.6. The van der Waals surface area contributed by atoms with Crippen LogP contribution in [0.15, 0.2) is 18.2 Å². The molecule has 1 N–H and O–H groups in total. The van der Waals surface area contributed by atoms with E-state index in [-0.39, 0.29) is 23.8 Å². The van der Waals surface area contributed by atoms with E-state index in [2.05, 4.69) is 32.0 Å². The van der Waals surface area contributed by atoms with Crippen LogP contribution < -0.4 is 0 Å². The molecule has 1 saturated carbocycles. The molecule has 1 aliphatic carbocycles. The van der Waals surface area contributed by atoms with Crippen LogP contribution in [0.4, 0.5) is 0 Å². The number of amides is 1. The second-order valence-corrected chi connectivity index (χ2v) is 7.02. The fourth-order valence-corrected chi connectivity index (χ4v) is 4.15. The van der Waals surface area contributed by atoms with Crippen molar-refractivity contribution in [1.29, 1.82) is 0 Å². The fraction of sp³-hybridized carbons (Fsp3) is 0.579. The molecule has 2 aliphatic rings. The third-order valence-electron chi connectivity index (χ3n) is 5.67. The summed E-state index contributed by atoms with van der Waals surface area (Å²) in [4.78, 5) is 26.1. The Morgan fingerprint density at radius 1 is 1.13 bits per heavy atom. The van der Waals surface area contributed by atoms with Crippen molar-refractivity contribution in [2.75, 3.05) is 6.54 Å². The van der Waals surface area contributed by atoms with Gasteiger partial charge in [-0.05, 0) is 62.6 Å². The van der Waals surface area contributed by atoms with Gasteiger partial charge in [0.2, 0.25) is 5.91 Å². The van der Waals surface area contributed by atoms with Crippen LogP contribution >= 0.6 is 0 Å². The van der Waals surface area contributed by atoms with Gasteiger partial charge >= 0.3 is 5.97 Å². The first-order valence-electron chi connectivity index (χ1n) is 8.58. The van der Waals surface area contributed by atoms with Crippen molar-refractivity contribution >= 4 is 11.9 Å². The summed E-state index contributed by atoms with van der Waals surface area (Å²) >= 11 is 0. The Bertz CT molecular complexity index is 625. The normalized spacial score (nSPS) is 27.4. The van der Waals surface area contributed by atoms with Crippen molar-refractivity contribution in [3.8, 4) is 0 Å². The van der Waals surface area contributed by atoms with Gasteiger partial charge in [0.25, 0.3) is 0 Å². The zero-order valence-electron chi connectivity index (χ0n) is 13.9. The van der Waals surface area contributed by atoms with E-state index in [4.69, 9.17) is 5.11 Å². The van der Waals surface area contributed by atoms with Gasteiger partial charge in [-0.2, -0.15) is 0 Å². The van der Waals surface area contributed by atoms with Crippen LogP contribution in [0.3, 0.4) is 0 Å². The van der Waals surface area contributed by atoms with Crippen molar-refractivity contribution in [1.82, 2.24) is 4.90 Å². The molecule has 4 heteroatoms. The second-order valence-electron chi connectivity index (χ2n) is 7.02. The lowest BCUT2D eigenvalue weighted by Crippen LogP contribution is -2.35. The highest BCUT2D eigenvalue weighted by molar-refractivity contribution is 5.81. The number of benzene rings is 1. The van der Waals surface area contributed by atoms with Crippen molar-refractivity contribution < 1.29 is 14.7 Å². The lowest BCUT2D eigenvalue weighted by molar-refractivity contribution is -0.141. The van der Waals surface area contributed by atoms with Crippen LogP contribution in [0.5, 0.6) is 0 Å². The second kappa shape index (κ2) is 6.34. The van der Waals surface area contributed by atoms with Crippen LogP contribution in [-0.2, 0) is 9.59 Å². The molecule has 124 valence electrons. The maximum Gasteiger partial charge on any atom is 0.306 e. The molecule has 3 rings (SSSR count). The molecule has 1 heterocycles. The predicted octanol–water partition coefficient (Wildman–Crippen LogP) is 3.47. The standard InChI is InChI=1S/C19H25NO3/c1-12-5-3-6-16(13(12)2)17-7-4-10-20(17)18(21)14-8-9-15(11-14)19(22)23/h3,5-6,14-15,17H,4,7-11H2,1-2H3,(H,22,23)/t14-,15+,17?/m1/s1. The summed E-state index contributed by atoms with van der Waals surface area (Å²) < 4.78 is 0. The first-order chi connectivity index (χ1) is 11.0. The molecule has 4 nitrogen and oxygen atoms in total. The van der Waals surface area contributed by atoms with Gasteiger partial charge in [-0.15, -0.1) is 0 Å². The van der Waals surface area contributed by atoms with Gasteiger partial charge in [0.15, 0.2) is 0 Å². The van der Waals surface area contributed by atoms with E-state index in [9.17, 15) is 9.59 Å². The van der Waals surface area contributed by atoms with E-state index in [1.165, 1.54) is 16.7 Å². The highest BCUT2D eigenvalue weighted by atomic mass is 16.4. The summed E-state index contributed by atoms with van der Waals surface area (Å²) in [6, 6.07) is 6.46. The smallest absolute Gasteiger partial charge is 0.306 e. The fourth-order valence-electron chi connectivity index (χ4n) is 4.15. The minimum atomic E-state index is -0.757. The number of carboxylic acid groups (broad SMARTS) is 1. The van der Waals surface area contributed by atoms with E-state index in [1.807, 2.05) is 4.90 Å². The molecule has 1 amide bonds. The number of carbonyl (C=O) groups excluding carboxylic acids is 1. The van der Waals surface area contributed by atoms with Gasteiger partial charge in [0.05, 0.1) is 12.0 Å². The monoisotopic (exact) mass is 315 g/mol. The summed E-state index contributed by atoms with van der Waals surface area (Å²) in [6.45, 7) is 5.03. The maximum absolute atomic E-state index is 12.9. The summed E-state index contributed by atoms with van der Waals surface area (Å²) in [5, 5.41) is 9.15. The lowest BCUT2D eigenvalue weighted by atomic mass is 9.95. The van der Waals surface area contributed by atoms with Gasteiger partial charge in [-0.3, -0.25) is 9.59 Å². The number of carboxylic acids is 1. The largest absolute Gasteiger partial charge is 0.481 e. The molecule has 0 spiro atoms. The number of hydrogen-bond acceptors (Lipinski definition) is 2. The Morgan fingerprint density at radius 2 is 1.87 bits per heavy atom. The molecule has 3 atom stereocenters. The van der Waals surface area contributed by atoms with Gasteiger partial charge in [0, 0.05) is 12.5 Å². The minimum Gasteiger partial charge on any atom is -0.481 e. The first kappa shape index (κ1) is 16.0. The topological polar surface area (TPSA) is 57.6 Å². The third kappa shape index (κ3) is 2.99. The third-order valence-corrected chi connectivity index (χ3v) is 5.67. The predicted molar refractivity (Wildman–Crippen MR) is 88.1 cm³/mol. The number of nitrogens with zero attached hydrogens (tertiary/aromatic N) is 1. The summed E-state index contributed by atoms with van der Waals surface area (Å²) in [5.74, 6) is -1.04. The molecule has 1 aromatic carbocycles. The van der Waals surface area contributed by atoms with E-state index in [0.717, 1.165) is 19.4 Å². The van der Waals surface area contributed by atoms with Crippen LogP contribution in [-0.4, -0.2) is 28.4 Å². The molecule has 23 heavy (non-hydrogen) atoms. The minimum absolute atomic E-state index is 0.109. The van der Waals surface area contributed by atoms with E-state index >= 15 is 0 Å². The van der Waals surface area contributed by atoms with Crippen molar-refractivity contribution in [3.63, 3.8) is 0 Å². The van der Waals surface area contributed by atoms with Gasteiger partial charge in [0.1, 0.15) is 0 Å². The number of rotatable bonds is 3. The van der Waals surface area contributed by atoms with Crippen LogP contribution in [0.2, 0.25) is 0 Å². The number of carbonyl (C=O) groups is 2. The number of hydrogen-bond donors (Lipinski definition) is 1. The molecule has 0 aromatic heterocycles.